The summed E-state index contributed by atoms with van der Waals surface area (Å²) in [6.07, 6.45) is 1.02. The Bertz CT molecular complexity index is 669. The van der Waals surface area contributed by atoms with Crippen LogP contribution in [0.3, 0.4) is 0 Å². The van der Waals surface area contributed by atoms with Gasteiger partial charge in [-0.1, -0.05) is 54.6 Å². The van der Waals surface area contributed by atoms with Gasteiger partial charge in [0.2, 0.25) is 0 Å². The molecule has 4 nitrogen and oxygen atoms in total. The third-order valence-electron chi connectivity index (χ3n) is 4.39. The molecular weight excluding hydrogens is 314 g/mol. The number of carbonyl (C=O) groups is 1. The zero-order valence-electron chi connectivity index (χ0n) is 14.9. The second kappa shape index (κ2) is 8.79. The van der Waals surface area contributed by atoms with Crippen LogP contribution in [-0.4, -0.2) is 30.3 Å². The molecule has 0 spiro atoms. The molecule has 134 valence electrons. The van der Waals surface area contributed by atoms with Crippen LogP contribution >= 0.6 is 0 Å². The van der Waals surface area contributed by atoms with Gasteiger partial charge in [-0.3, -0.25) is 4.79 Å². The molecule has 2 aromatic carbocycles. The van der Waals surface area contributed by atoms with Crippen LogP contribution in [0, 0.1) is 5.41 Å². The molecule has 2 atom stereocenters. The summed E-state index contributed by atoms with van der Waals surface area (Å²) in [6, 6.07) is 18.2. The molecule has 0 aromatic heterocycles. The summed E-state index contributed by atoms with van der Waals surface area (Å²) >= 11 is 0. The maximum Gasteiger partial charge on any atom is 0.314 e. The first-order chi connectivity index (χ1) is 12.0. The molecule has 0 aliphatic heterocycles. The fourth-order valence-corrected chi connectivity index (χ4v) is 2.94. The lowest BCUT2D eigenvalue weighted by Gasteiger charge is -2.27. The average Bonchev–Trinajstić information content (AvgIpc) is 2.63. The minimum atomic E-state index is -0.959. The molecule has 2 unspecified atom stereocenters. The molecule has 2 rings (SSSR count). The zero-order chi connectivity index (χ0) is 18.3. The van der Waals surface area contributed by atoms with Gasteiger partial charge in [0.25, 0.3) is 0 Å². The molecule has 25 heavy (non-hydrogen) atoms. The maximum atomic E-state index is 12.0. The minimum absolute atomic E-state index is 0.232. The van der Waals surface area contributed by atoms with E-state index in [0.717, 1.165) is 11.1 Å². The van der Waals surface area contributed by atoms with Crippen LogP contribution in [0.15, 0.2) is 54.6 Å². The van der Waals surface area contributed by atoms with Crippen LogP contribution < -0.4 is 5.73 Å². The molecule has 0 fully saturated rings. The lowest BCUT2D eigenvalue weighted by Crippen LogP contribution is -2.40. The van der Waals surface area contributed by atoms with E-state index in [0.29, 0.717) is 19.4 Å². The van der Waals surface area contributed by atoms with Crippen LogP contribution in [0.5, 0.6) is 0 Å². The van der Waals surface area contributed by atoms with Crippen LogP contribution in [-0.2, 0) is 16.0 Å². The Morgan fingerprint density at radius 3 is 2.28 bits per heavy atom. The lowest BCUT2D eigenvalue weighted by atomic mass is 9.83. The second-order valence-electron chi connectivity index (χ2n) is 6.67. The summed E-state index contributed by atoms with van der Waals surface area (Å²) in [5.74, 6) is -0.396. The van der Waals surface area contributed by atoms with E-state index in [2.05, 4.69) is 36.4 Å². The van der Waals surface area contributed by atoms with Crippen LogP contribution in [0.25, 0.3) is 11.1 Å². The Hall–Kier alpha value is -2.17. The van der Waals surface area contributed by atoms with E-state index in [1.54, 1.807) is 13.8 Å². The number of hydrogen-bond donors (Lipinski definition) is 2. The van der Waals surface area contributed by atoms with Gasteiger partial charge in [-0.25, -0.2) is 0 Å². The highest BCUT2D eigenvalue weighted by molar-refractivity contribution is 5.76. The Morgan fingerprint density at radius 2 is 1.72 bits per heavy atom. The molecular formula is C21H27NO3. The number of carbonyl (C=O) groups excluding carboxylic acids is 1. The third kappa shape index (κ3) is 5.15. The van der Waals surface area contributed by atoms with Gasteiger partial charge >= 0.3 is 5.97 Å². The van der Waals surface area contributed by atoms with Crippen molar-refractivity contribution in [3.05, 3.63) is 60.2 Å². The summed E-state index contributed by atoms with van der Waals surface area (Å²) < 4.78 is 5.06. The van der Waals surface area contributed by atoms with E-state index in [1.807, 2.05) is 18.2 Å². The van der Waals surface area contributed by atoms with E-state index >= 15 is 0 Å². The highest BCUT2D eigenvalue weighted by Gasteiger charge is 2.35. The minimum Gasteiger partial charge on any atom is -0.466 e. The van der Waals surface area contributed by atoms with Crippen LogP contribution in [0.4, 0.5) is 0 Å². The summed E-state index contributed by atoms with van der Waals surface area (Å²) in [5.41, 5.74) is 8.71. The molecule has 0 aliphatic carbocycles. The van der Waals surface area contributed by atoms with Gasteiger partial charge in [0.15, 0.2) is 0 Å². The summed E-state index contributed by atoms with van der Waals surface area (Å²) in [5, 5.41) is 9.60. The predicted octanol–water partition coefficient (Wildman–Crippen LogP) is 3.18. The molecule has 0 radical (unpaired) electrons. The number of ether oxygens (including phenoxy) is 1. The van der Waals surface area contributed by atoms with Crippen LogP contribution in [0.2, 0.25) is 0 Å². The number of rotatable bonds is 8. The molecule has 2 aromatic rings. The van der Waals surface area contributed by atoms with Gasteiger partial charge in [-0.05, 0) is 43.4 Å². The van der Waals surface area contributed by atoms with Gasteiger partial charge < -0.3 is 15.6 Å². The fraction of sp³-hybridized carbons (Fsp3) is 0.381. The number of aliphatic hydroxyl groups is 1. The van der Waals surface area contributed by atoms with Gasteiger partial charge in [-0.15, -0.1) is 0 Å². The van der Waals surface area contributed by atoms with Crippen molar-refractivity contribution in [1.29, 1.82) is 0 Å². The Labute approximate surface area is 149 Å². The van der Waals surface area contributed by atoms with Crippen molar-refractivity contribution in [1.82, 2.24) is 0 Å². The quantitative estimate of drug-likeness (QED) is 0.723. The summed E-state index contributed by atoms with van der Waals surface area (Å²) in [4.78, 5) is 12.0. The smallest absolute Gasteiger partial charge is 0.314 e. The standard InChI is InChI=1S/C21H27NO3/c1-3-25-20(24)21(2,15-23)14-19(22)13-16-9-11-18(12-10-16)17-7-5-4-6-8-17/h4-12,19,23H,3,13-15,22H2,1-2H3. The number of nitrogens with two attached hydrogens (primary N) is 1. The Balaban J connectivity index is 2.00. The van der Waals surface area contributed by atoms with Crippen molar-refractivity contribution in [3.63, 3.8) is 0 Å². The predicted molar refractivity (Wildman–Crippen MR) is 100 cm³/mol. The van der Waals surface area contributed by atoms with E-state index in [-0.39, 0.29) is 12.6 Å². The number of esters is 1. The fourth-order valence-electron chi connectivity index (χ4n) is 2.94. The monoisotopic (exact) mass is 341 g/mol. The topological polar surface area (TPSA) is 72.5 Å². The first kappa shape index (κ1) is 19.2. The van der Waals surface area contributed by atoms with Crippen LogP contribution in [0.1, 0.15) is 25.8 Å². The van der Waals surface area contributed by atoms with Gasteiger partial charge in [-0.2, -0.15) is 0 Å². The van der Waals surface area contributed by atoms with Gasteiger partial charge in [0, 0.05) is 6.04 Å². The molecule has 0 saturated carbocycles. The normalized spacial score (nSPS) is 14.6. The van der Waals surface area contributed by atoms with Crippen molar-refractivity contribution in [3.8, 4) is 11.1 Å². The van der Waals surface area contributed by atoms with Crippen molar-refractivity contribution in [2.75, 3.05) is 13.2 Å². The summed E-state index contributed by atoms with van der Waals surface area (Å²) in [6.45, 7) is 3.48. The molecule has 0 saturated heterocycles. The second-order valence-corrected chi connectivity index (χ2v) is 6.67. The largest absolute Gasteiger partial charge is 0.466 e. The number of hydrogen-bond acceptors (Lipinski definition) is 4. The number of benzene rings is 2. The van der Waals surface area contributed by atoms with E-state index < -0.39 is 11.4 Å². The first-order valence-electron chi connectivity index (χ1n) is 8.66. The Kier molecular flexibility index (Phi) is 6.73. The van der Waals surface area contributed by atoms with Crippen molar-refractivity contribution >= 4 is 5.97 Å². The van der Waals surface area contributed by atoms with Gasteiger partial charge in [0.1, 0.15) is 0 Å². The van der Waals surface area contributed by atoms with Gasteiger partial charge in [0.05, 0.1) is 18.6 Å². The first-order valence-corrected chi connectivity index (χ1v) is 8.66. The SMILES string of the molecule is CCOC(=O)C(C)(CO)CC(N)Cc1ccc(-c2ccccc2)cc1. The Morgan fingerprint density at radius 1 is 1.12 bits per heavy atom. The highest BCUT2D eigenvalue weighted by atomic mass is 16.5. The molecule has 0 bridgehead atoms. The van der Waals surface area contributed by atoms with Crippen molar-refractivity contribution < 1.29 is 14.6 Å². The van der Waals surface area contributed by atoms with E-state index in [9.17, 15) is 9.90 Å². The molecule has 0 heterocycles. The summed E-state index contributed by atoms with van der Waals surface area (Å²) in [7, 11) is 0. The third-order valence-corrected chi connectivity index (χ3v) is 4.39. The molecule has 0 aliphatic rings. The van der Waals surface area contributed by atoms with Crippen molar-refractivity contribution in [2.24, 2.45) is 11.1 Å². The lowest BCUT2D eigenvalue weighted by molar-refractivity contribution is -0.157. The highest BCUT2D eigenvalue weighted by Crippen LogP contribution is 2.26. The zero-order valence-corrected chi connectivity index (χ0v) is 14.9. The maximum absolute atomic E-state index is 12.0. The van der Waals surface area contributed by atoms with Crippen molar-refractivity contribution in [2.45, 2.75) is 32.7 Å². The molecule has 0 amide bonds. The molecule has 4 heteroatoms. The number of aliphatic hydroxyl groups excluding tert-OH is 1. The molecule has 3 N–H and O–H groups in total. The van der Waals surface area contributed by atoms with E-state index in [1.165, 1.54) is 5.56 Å². The van der Waals surface area contributed by atoms with E-state index in [4.69, 9.17) is 10.5 Å². The average molecular weight is 341 g/mol.